The highest BCUT2D eigenvalue weighted by Gasteiger charge is 2.27. The standard InChI is InChI=1S/C17H24N4O2/c1-4-13(2)17(3,23)10-19-16(22)15-8-6-5-7-14(15)9-21-12-18-11-20-21/h5-8,11-13,23H,4,9-10H2,1-3H3,(H,19,22). The second-order valence-corrected chi connectivity index (χ2v) is 6.10. The molecule has 0 aliphatic rings. The van der Waals surface area contributed by atoms with E-state index in [2.05, 4.69) is 15.4 Å². The van der Waals surface area contributed by atoms with Crippen LogP contribution >= 0.6 is 0 Å². The predicted octanol–water partition coefficient (Wildman–Crippen LogP) is 1.85. The highest BCUT2D eigenvalue weighted by Crippen LogP contribution is 2.19. The van der Waals surface area contributed by atoms with Crippen molar-refractivity contribution in [3.63, 3.8) is 0 Å². The lowest BCUT2D eigenvalue weighted by atomic mass is 9.88. The van der Waals surface area contributed by atoms with E-state index in [0.717, 1.165) is 12.0 Å². The zero-order chi connectivity index (χ0) is 16.9. The van der Waals surface area contributed by atoms with Crippen molar-refractivity contribution >= 4 is 5.91 Å². The summed E-state index contributed by atoms with van der Waals surface area (Å²) in [4.78, 5) is 16.4. The van der Waals surface area contributed by atoms with Gasteiger partial charge in [0, 0.05) is 12.1 Å². The molecule has 1 amide bonds. The van der Waals surface area contributed by atoms with Crippen LogP contribution in [0.15, 0.2) is 36.9 Å². The molecule has 2 aromatic rings. The number of aromatic nitrogens is 3. The van der Waals surface area contributed by atoms with Gasteiger partial charge in [-0.25, -0.2) is 9.67 Å². The van der Waals surface area contributed by atoms with Gasteiger partial charge in [-0.1, -0.05) is 38.5 Å². The lowest BCUT2D eigenvalue weighted by Gasteiger charge is -2.29. The normalized spacial score (nSPS) is 15.0. The quantitative estimate of drug-likeness (QED) is 0.817. The number of aliphatic hydroxyl groups is 1. The molecule has 0 spiro atoms. The first-order chi connectivity index (χ1) is 10.9. The van der Waals surface area contributed by atoms with Gasteiger partial charge in [0.05, 0.1) is 12.1 Å². The number of carbonyl (C=O) groups is 1. The molecule has 0 saturated heterocycles. The van der Waals surface area contributed by atoms with Crippen LogP contribution in [0, 0.1) is 5.92 Å². The van der Waals surface area contributed by atoms with Crippen LogP contribution < -0.4 is 5.32 Å². The van der Waals surface area contributed by atoms with E-state index in [9.17, 15) is 9.90 Å². The first-order valence-corrected chi connectivity index (χ1v) is 7.85. The summed E-state index contributed by atoms with van der Waals surface area (Å²) in [7, 11) is 0. The molecule has 0 fully saturated rings. The molecule has 0 saturated carbocycles. The van der Waals surface area contributed by atoms with E-state index < -0.39 is 5.60 Å². The zero-order valence-corrected chi connectivity index (χ0v) is 13.9. The van der Waals surface area contributed by atoms with Gasteiger partial charge in [0.25, 0.3) is 5.91 Å². The fourth-order valence-electron chi connectivity index (χ4n) is 2.34. The van der Waals surface area contributed by atoms with Gasteiger partial charge >= 0.3 is 0 Å². The molecule has 0 bridgehead atoms. The third kappa shape index (κ3) is 4.39. The molecule has 23 heavy (non-hydrogen) atoms. The van der Waals surface area contributed by atoms with Crippen molar-refractivity contribution < 1.29 is 9.90 Å². The molecular weight excluding hydrogens is 292 g/mol. The summed E-state index contributed by atoms with van der Waals surface area (Å²) in [5, 5.41) is 17.3. The number of hydrogen-bond acceptors (Lipinski definition) is 4. The molecule has 124 valence electrons. The number of nitrogens with zero attached hydrogens (tertiary/aromatic N) is 3. The minimum Gasteiger partial charge on any atom is -0.388 e. The SMILES string of the molecule is CCC(C)C(C)(O)CNC(=O)c1ccccc1Cn1cncn1. The lowest BCUT2D eigenvalue weighted by Crippen LogP contribution is -2.45. The van der Waals surface area contributed by atoms with Gasteiger partial charge in [0.1, 0.15) is 12.7 Å². The van der Waals surface area contributed by atoms with Crippen molar-refractivity contribution in [2.45, 2.75) is 39.3 Å². The van der Waals surface area contributed by atoms with Crippen molar-refractivity contribution in [1.29, 1.82) is 0 Å². The minimum absolute atomic E-state index is 0.105. The summed E-state index contributed by atoms with van der Waals surface area (Å²) >= 11 is 0. The maximum absolute atomic E-state index is 12.5. The van der Waals surface area contributed by atoms with Crippen molar-refractivity contribution in [3.8, 4) is 0 Å². The summed E-state index contributed by atoms with van der Waals surface area (Å²) in [6.07, 6.45) is 3.93. The summed E-state index contributed by atoms with van der Waals surface area (Å²) in [6.45, 7) is 6.45. The van der Waals surface area contributed by atoms with E-state index >= 15 is 0 Å². The van der Waals surface area contributed by atoms with Crippen molar-refractivity contribution in [3.05, 3.63) is 48.0 Å². The maximum atomic E-state index is 12.5. The Morgan fingerprint density at radius 2 is 2.17 bits per heavy atom. The molecular formula is C17H24N4O2. The highest BCUT2D eigenvalue weighted by molar-refractivity contribution is 5.95. The molecule has 1 heterocycles. The van der Waals surface area contributed by atoms with E-state index in [1.807, 2.05) is 32.0 Å². The molecule has 1 aromatic carbocycles. The van der Waals surface area contributed by atoms with Crippen LogP contribution in [0.4, 0.5) is 0 Å². The largest absolute Gasteiger partial charge is 0.388 e. The number of amides is 1. The van der Waals surface area contributed by atoms with Crippen molar-refractivity contribution in [1.82, 2.24) is 20.1 Å². The summed E-state index contributed by atoms with van der Waals surface area (Å²) in [5.74, 6) is -0.0857. The summed E-state index contributed by atoms with van der Waals surface area (Å²) < 4.78 is 1.67. The van der Waals surface area contributed by atoms with Crippen LogP contribution in [0.3, 0.4) is 0 Å². The van der Waals surface area contributed by atoms with Gasteiger partial charge < -0.3 is 10.4 Å². The summed E-state index contributed by atoms with van der Waals surface area (Å²) in [6, 6.07) is 7.38. The Labute approximate surface area is 136 Å². The molecule has 0 radical (unpaired) electrons. The van der Waals surface area contributed by atoms with Crippen molar-refractivity contribution in [2.75, 3.05) is 6.54 Å². The Balaban J connectivity index is 2.08. The van der Waals surface area contributed by atoms with Gasteiger partial charge in [-0.3, -0.25) is 4.79 Å². The van der Waals surface area contributed by atoms with Gasteiger partial charge in [-0.2, -0.15) is 5.10 Å². The van der Waals surface area contributed by atoms with Gasteiger partial charge in [-0.05, 0) is 24.5 Å². The first-order valence-electron chi connectivity index (χ1n) is 7.85. The fourth-order valence-corrected chi connectivity index (χ4v) is 2.34. The van der Waals surface area contributed by atoms with Gasteiger partial charge in [0.2, 0.25) is 0 Å². The minimum atomic E-state index is -0.925. The van der Waals surface area contributed by atoms with E-state index in [4.69, 9.17) is 0 Å². The third-order valence-electron chi connectivity index (χ3n) is 4.34. The van der Waals surface area contributed by atoms with E-state index in [1.54, 1.807) is 24.0 Å². The van der Waals surface area contributed by atoms with E-state index in [-0.39, 0.29) is 18.4 Å². The van der Waals surface area contributed by atoms with Crippen LogP contribution in [0.2, 0.25) is 0 Å². The Bertz CT molecular complexity index is 638. The van der Waals surface area contributed by atoms with Crippen molar-refractivity contribution in [2.24, 2.45) is 5.92 Å². The van der Waals surface area contributed by atoms with Gasteiger partial charge in [-0.15, -0.1) is 0 Å². The Hall–Kier alpha value is -2.21. The second-order valence-electron chi connectivity index (χ2n) is 6.10. The molecule has 6 heteroatoms. The second kappa shape index (κ2) is 7.37. The predicted molar refractivity (Wildman–Crippen MR) is 88.0 cm³/mol. The number of hydrogen-bond donors (Lipinski definition) is 2. The number of carbonyl (C=O) groups excluding carboxylic acids is 1. The third-order valence-corrected chi connectivity index (χ3v) is 4.34. The zero-order valence-electron chi connectivity index (χ0n) is 13.9. The summed E-state index contributed by atoms with van der Waals surface area (Å²) in [5.41, 5.74) is 0.521. The van der Waals surface area contributed by atoms with E-state index in [0.29, 0.717) is 12.1 Å². The first kappa shape index (κ1) is 17.1. The molecule has 0 aliphatic carbocycles. The van der Waals surface area contributed by atoms with Crippen LogP contribution in [-0.4, -0.2) is 37.9 Å². The Kier molecular flexibility index (Phi) is 5.50. The van der Waals surface area contributed by atoms with Crippen LogP contribution in [0.25, 0.3) is 0 Å². The Morgan fingerprint density at radius 1 is 1.43 bits per heavy atom. The molecule has 2 N–H and O–H groups in total. The molecule has 2 atom stereocenters. The maximum Gasteiger partial charge on any atom is 0.251 e. The average Bonchev–Trinajstić information content (AvgIpc) is 3.05. The smallest absolute Gasteiger partial charge is 0.251 e. The lowest BCUT2D eigenvalue weighted by molar-refractivity contribution is 0.00591. The molecule has 2 rings (SSSR count). The topological polar surface area (TPSA) is 80.0 Å². The van der Waals surface area contributed by atoms with Crippen LogP contribution in [0.1, 0.15) is 43.1 Å². The monoisotopic (exact) mass is 316 g/mol. The van der Waals surface area contributed by atoms with Gasteiger partial charge in [0.15, 0.2) is 0 Å². The fraction of sp³-hybridized carbons (Fsp3) is 0.471. The van der Waals surface area contributed by atoms with E-state index in [1.165, 1.54) is 6.33 Å². The number of nitrogens with one attached hydrogen (secondary N) is 1. The number of benzene rings is 1. The Morgan fingerprint density at radius 3 is 2.83 bits per heavy atom. The highest BCUT2D eigenvalue weighted by atomic mass is 16.3. The number of rotatable bonds is 7. The van der Waals surface area contributed by atoms with Crippen LogP contribution in [0.5, 0.6) is 0 Å². The average molecular weight is 316 g/mol. The molecule has 2 unspecified atom stereocenters. The molecule has 6 nitrogen and oxygen atoms in total. The molecule has 1 aromatic heterocycles. The molecule has 0 aliphatic heterocycles. The van der Waals surface area contributed by atoms with Crippen LogP contribution in [-0.2, 0) is 6.54 Å².